The van der Waals surface area contributed by atoms with Gasteiger partial charge in [-0.25, -0.2) is 9.78 Å². The summed E-state index contributed by atoms with van der Waals surface area (Å²) in [5, 5.41) is 2.72. The van der Waals surface area contributed by atoms with Crippen LogP contribution in [0.3, 0.4) is 0 Å². The van der Waals surface area contributed by atoms with Crippen LogP contribution in [0.25, 0.3) is 31.6 Å². The summed E-state index contributed by atoms with van der Waals surface area (Å²) in [5.41, 5.74) is 2.12. The molecule has 4 rings (SSSR count). The van der Waals surface area contributed by atoms with Crippen LogP contribution < -0.4 is 4.74 Å². The molecule has 0 aliphatic rings. The van der Waals surface area contributed by atoms with E-state index >= 15 is 0 Å². The summed E-state index contributed by atoms with van der Waals surface area (Å²) in [7, 11) is 0. The average molecular weight is 345 g/mol. The molecule has 0 fully saturated rings. The number of aromatic nitrogens is 1. The van der Waals surface area contributed by atoms with Crippen LogP contribution in [0.1, 0.15) is 6.92 Å². The van der Waals surface area contributed by atoms with Gasteiger partial charge in [-0.1, -0.05) is 49.0 Å². The second-order valence-corrected chi connectivity index (χ2v) is 6.85. The summed E-state index contributed by atoms with van der Waals surface area (Å²) in [6, 6.07) is 19.8. The SMILES string of the molecule is C=C(C)C(=O)Oc1c(-c2nc3ccccc3s2)ccc2ccccc12. The molecule has 1 aromatic heterocycles. The molecule has 0 atom stereocenters. The second-order valence-electron chi connectivity index (χ2n) is 5.82. The van der Waals surface area contributed by atoms with E-state index in [9.17, 15) is 4.79 Å². The molecule has 1 heterocycles. The number of benzene rings is 3. The first-order valence-electron chi connectivity index (χ1n) is 7.89. The van der Waals surface area contributed by atoms with Crippen molar-refractivity contribution in [2.45, 2.75) is 6.92 Å². The van der Waals surface area contributed by atoms with Crippen LogP contribution in [0, 0.1) is 0 Å². The monoisotopic (exact) mass is 345 g/mol. The molecule has 4 aromatic rings. The van der Waals surface area contributed by atoms with Gasteiger partial charge in [0.25, 0.3) is 0 Å². The topological polar surface area (TPSA) is 39.2 Å². The maximum Gasteiger partial charge on any atom is 0.338 e. The van der Waals surface area contributed by atoms with Crippen LogP contribution in [0.2, 0.25) is 0 Å². The van der Waals surface area contributed by atoms with Crippen molar-refractivity contribution in [2.24, 2.45) is 0 Å². The molecule has 3 nitrogen and oxygen atoms in total. The Hall–Kier alpha value is -2.98. The first kappa shape index (κ1) is 15.5. The van der Waals surface area contributed by atoms with E-state index in [-0.39, 0.29) is 0 Å². The van der Waals surface area contributed by atoms with Crippen LogP contribution in [0.15, 0.2) is 72.8 Å². The van der Waals surface area contributed by atoms with Gasteiger partial charge in [-0.3, -0.25) is 0 Å². The van der Waals surface area contributed by atoms with Crippen molar-refractivity contribution >= 4 is 38.3 Å². The number of thiazole rings is 1. The molecule has 0 unspecified atom stereocenters. The lowest BCUT2D eigenvalue weighted by Crippen LogP contribution is -2.09. The number of esters is 1. The Bertz CT molecular complexity index is 1090. The third-order valence-corrected chi connectivity index (χ3v) is 5.02. The number of carbonyl (C=O) groups is 1. The Balaban J connectivity index is 1.95. The highest BCUT2D eigenvalue weighted by atomic mass is 32.1. The first-order valence-corrected chi connectivity index (χ1v) is 8.70. The van der Waals surface area contributed by atoms with Gasteiger partial charge >= 0.3 is 5.97 Å². The summed E-state index contributed by atoms with van der Waals surface area (Å²) < 4.78 is 6.80. The summed E-state index contributed by atoms with van der Waals surface area (Å²) in [6.07, 6.45) is 0. The number of hydrogen-bond donors (Lipinski definition) is 0. The molecule has 0 amide bonds. The zero-order valence-electron chi connectivity index (χ0n) is 13.7. The molecule has 0 N–H and O–H groups in total. The minimum atomic E-state index is -0.432. The van der Waals surface area contributed by atoms with E-state index < -0.39 is 5.97 Å². The molecule has 0 saturated heterocycles. The highest BCUT2D eigenvalue weighted by Gasteiger charge is 2.17. The van der Waals surface area contributed by atoms with E-state index in [1.54, 1.807) is 18.3 Å². The van der Waals surface area contributed by atoms with Gasteiger partial charge in [0.15, 0.2) is 0 Å². The van der Waals surface area contributed by atoms with Gasteiger partial charge in [0.1, 0.15) is 10.8 Å². The van der Waals surface area contributed by atoms with Crippen molar-refractivity contribution in [2.75, 3.05) is 0 Å². The quantitative estimate of drug-likeness (QED) is 0.276. The predicted molar refractivity (Wildman–Crippen MR) is 103 cm³/mol. The Morgan fingerprint density at radius 1 is 1.04 bits per heavy atom. The lowest BCUT2D eigenvalue weighted by Gasteiger charge is -2.12. The highest BCUT2D eigenvalue weighted by Crippen LogP contribution is 2.40. The van der Waals surface area contributed by atoms with Crippen molar-refractivity contribution in [3.8, 4) is 16.3 Å². The summed E-state index contributed by atoms with van der Waals surface area (Å²) in [5.74, 6) is 0.101. The molecule has 122 valence electrons. The molecule has 25 heavy (non-hydrogen) atoms. The maximum absolute atomic E-state index is 12.2. The number of carbonyl (C=O) groups excluding carboxylic acids is 1. The molecular weight excluding hydrogens is 330 g/mol. The van der Waals surface area contributed by atoms with E-state index in [2.05, 4.69) is 6.58 Å². The van der Waals surface area contributed by atoms with Crippen LogP contribution >= 0.6 is 11.3 Å². The van der Waals surface area contributed by atoms with E-state index in [0.717, 1.165) is 31.6 Å². The van der Waals surface area contributed by atoms with Crippen LogP contribution in [-0.4, -0.2) is 11.0 Å². The van der Waals surface area contributed by atoms with E-state index in [1.807, 2.05) is 60.7 Å². The van der Waals surface area contributed by atoms with E-state index in [1.165, 1.54) is 0 Å². The Kier molecular flexibility index (Phi) is 3.82. The van der Waals surface area contributed by atoms with Crippen molar-refractivity contribution in [1.29, 1.82) is 0 Å². The van der Waals surface area contributed by atoms with Crippen molar-refractivity contribution in [3.63, 3.8) is 0 Å². The molecule has 0 bridgehead atoms. The molecule has 0 saturated carbocycles. The van der Waals surface area contributed by atoms with Gasteiger partial charge < -0.3 is 4.74 Å². The molecule has 3 aromatic carbocycles. The lowest BCUT2D eigenvalue weighted by atomic mass is 10.1. The number of hydrogen-bond acceptors (Lipinski definition) is 4. The minimum absolute atomic E-state index is 0.364. The Labute approximate surface area is 149 Å². The number of fused-ring (bicyclic) bond motifs is 2. The standard InChI is InChI=1S/C21H15NO2S/c1-13(2)21(23)24-19-15-8-4-3-7-14(15)11-12-16(19)20-22-17-9-5-6-10-18(17)25-20/h3-12H,1H2,2H3. The molecule has 4 heteroatoms. The molecule has 0 aliphatic heterocycles. The predicted octanol–water partition coefficient (Wildman–Crippen LogP) is 5.60. The summed E-state index contributed by atoms with van der Waals surface area (Å²) in [6.45, 7) is 5.32. The number of rotatable bonds is 3. The maximum atomic E-state index is 12.2. The normalized spacial score (nSPS) is 10.9. The second kappa shape index (κ2) is 6.15. The molecule has 0 radical (unpaired) electrons. The highest BCUT2D eigenvalue weighted by molar-refractivity contribution is 7.21. The van der Waals surface area contributed by atoms with E-state index in [4.69, 9.17) is 9.72 Å². The fourth-order valence-corrected chi connectivity index (χ4v) is 3.68. The average Bonchev–Trinajstić information content (AvgIpc) is 3.05. The summed E-state index contributed by atoms with van der Waals surface area (Å²) in [4.78, 5) is 16.9. The number of ether oxygens (including phenoxy) is 1. The lowest BCUT2D eigenvalue weighted by molar-refractivity contribution is -0.129. The Morgan fingerprint density at radius 3 is 2.60 bits per heavy atom. The minimum Gasteiger partial charge on any atom is -0.422 e. The van der Waals surface area contributed by atoms with Gasteiger partial charge in [-0.2, -0.15) is 0 Å². The van der Waals surface area contributed by atoms with E-state index in [0.29, 0.717) is 11.3 Å². The fourth-order valence-electron chi connectivity index (χ4n) is 2.69. The van der Waals surface area contributed by atoms with Crippen LogP contribution in [0.4, 0.5) is 0 Å². The molecule has 0 spiro atoms. The summed E-state index contributed by atoms with van der Waals surface area (Å²) >= 11 is 1.58. The van der Waals surface area contributed by atoms with Crippen molar-refractivity contribution in [3.05, 3.63) is 72.8 Å². The van der Waals surface area contributed by atoms with Crippen molar-refractivity contribution in [1.82, 2.24) is 4.98 Å². The zero-order chi connectivity index (χ0) is 17.4. The Morgan fingerprint density at radius 2 is 1.80 bits per heavy atom. The third-order valence-electron chi connectivity index (χ3n) is 3.95. The number of nitrogens with zero attached hydrogens (tertiary/aromatic N) is 1. The molecule has 0 aliphatic carbocycles. The van der Waals surface area contributed by atoms with Gasteiger partial charge in [-0.05, 0) is 30.5 Å². The third kappa shape index (κ3) is 2.81. The largest absolute Gasteiger partial charge is 0.422 e. The number of para-hydroxylation sites is 1. The van der Waals surface area contributed by atoms with Gasteiger partial charge in [0.05, 0.1) is 15.8 Å². The fraction of sp³-hybridized carbons (Fsp3) is 0.0476. The van der Waals surface area contributed by atoms with Gasteiger partial charge in [0.2, 0.25) is 0 Å². The zero-order valence-corrected chi connectivity index (χ0v) is 14.5. The van der Waals surface area contributed by atoms with Gasteiger partial charge in [0, 0.05) is 11.0 Å². The smallest absolute Gasteiger partial charge is 0.338 e. The van der Waals surface area contributed by atoms with Crippen LogP contribution in [-0.2, 0) is 4.79 Å². The van der Waals surface area contributed by atoms with Crippen molar-refractivity contribution < 1.29 is 9.53 Å². The first-order chi connectivity index (χ1) is 12.1. The molecular formula is C21H15NO2S. The van der Waals surface area contributed by atoms with Gasteiger partial charge in [-0.15, -0.1) is 11.3 Å². The van der Waals surface area contributed by atoms with Crippen LogP contribution in [0.5, 0.6) is 5.75 Å².